The molecule has 4 heteroatoms. The number of benzene rings is 5. The van der Waals surface area contributed by atoms with Gasteiger partial charge in [0.25, 0.3) is 0 Å². The van der Waals surface area contributed by atoms with Crippen LogP contribution in [-0.4, -0.2) is 15.0 Å². The summed E-state index contributed by atoms with van der Waals surface area (Å²) in [5.41, 5.74) is 10.8. The summed E-state index contributed by atoms with van der Waals surface area (Å²) in [6.07, 6.45) is 5.40. The Morgan fingerprint density at radius 3 is 1.08 bits per heavy atom. The minimum Gasteiger partial charge on any atom is -0.305 e. The second kappa shape index (κ2) is 18.5. The molecule has 8 rings (SSSR count). The molecule has 3 nitrogen and oxygen atoms in total. The van der Waals surface area contributed by atoms with Crippen LogP contribution < -0.4 is 0 Å². The quantitative estimate of drug-likeness (QED) is 0.163. The molecule has 3 heterocycles. The van der Waals surface area contributed by atoms with Crippen LogP contribution in [0.15, 0.2) is 195 Å². The molecule has 0 spiro atoms. The normalized spacial score (nSPS) is 9.88. The zero-order valence-electron chi connectivity index (χ0n) is 26.7. The number of pyridine rings is 3. The smallest absolute Gasteiger partial charge is 0.305 e. The molecule has 0 fully saturated rings. The van der Waals surface area contributed by atoms with E-state index in [-0.39, 0.29) is 20.1 Å². The van der Waals surface area contributed by atoms with Crippen LogP contribution in [0.2, 0.25) is 0 Å². The maximum absolute atomic E-state index is 4.35. The van der Waals surface area contributed by atoms with Gasteiger partial charge in [-0.1, -0.05) is 97.1 Å². The van der Waals surface area contributed by atoms with Gasteiger partial charge in [0.2, 0.25) is 0 Å². The molecule has 0 aliphatic rings. The molecule has 0 atom stereocenters. The van der Waals surface area contributed by atoms with E-state index in [2.05, 4.69) is 81.7 Å². The molecule has 0 aliphatic carbocycles. The van der Waals surface area contributed by atoms with Crippen molar-refractivity contribution in [2.45, 2.75) is 0 Å². The molecule has 8 aromatic rings. The van der Waals surface area contributed by atoms with E-state index < -0.39 is 0 Å². The summed E-state index contributed by atoms with van der Waals surface area (Å²) < 4.78 is 0. The fourth-order valence-electron chi connectivity index (χ4n) is 4.97. The van der Waals surface area contributed by atoms with E-state index in [1.165, 1.54) is 22.3 Å². The van der Waals surface area contributed by atoms with E-state index in [9.17, 15) is 0 Å². The van der Waals surface area contributed by atoms with E-state index in [1.54, 1.807) is 18.6 Å². The Bertz CT molecular complexity index is 1830. The minimum absolute atomic E-state index is 0. The fraction of sp³-hybridized carbons (Fsp3) is 0. The molecular formula is C45H32IrN3. The summed E-state index contributed by atoms with van der Waals surface area (Å²) in [7, 11) is 0. The number of nitrogens with zero attached hydrogens (tertiary/aromatic N) is 3. The summed E-state index contributed by atoms with van der Waals surface area (Å²) in [6, 6.07) is 68.1. The van der Waals surface area contributed by atoms with Crippen molar-refractivity contribution in [3.63, 3.8) is 0 Å². The fourth-order valence-corrected chi connectivity index (χ4v) is 4.97. The van der Waals surface area contributed by atoms with E-state index in [4.69, 9.17) is 0 Å². The molecule has 0 saturated heterocycles. The minimum atomic E-state index is 0. The third-order valence-corrected chi connectivity index (χ3v) is 7.35. The molecule has 49 heavy (non-hydrogen) atoms. The average molecular weight is 807 g/mol. The van der Waals surface area contributed by atoms with Gasteiger partial charge in [0.15, 0.2) is 0 Å². The van der Waals surface area contributed by atoms with Crippen LogP contribution in [0, 0.1) is 18.2 Å². The summed E-state index contributed by atoms with van der Waals surface area (Å²) in [5, 5.41) is 0. The molecule has 5 aromatic carbocycles. The first-order chi connectivity index (χ1) is 23.8. The van der Waals surface area contributed by atoms with Gasteiger partial charge < -0.3 is 15.0 Å². The summed E-state index contributed by atoms with van der Waals surface area (Å²) in [5.74, 6) is 0. The van der Waals surface area contributed by atoms with Crippen LogP contribution in [0.1, 0.15) is 0 Å². The Morgan fingerprint density at radius 1 is 0.306 bits per heavy atom. The maximum atomic E-state index is 4.35. The van der Waals surface area contributed by atoms with Crippen LogP contribution in [0.25, 0.3) is 56.0 Å². The molecule has 0 bridgehead atoms. The standard InChI is InChI=1S/2C17H12N.C11H8N.Ir/c2*1-2-7-14(8-3-1)15-9-6-10-16(13-15)17-11-4-5-12-18-17;1-2-6-10(7-3-1)11-8-4-5-9-12-11;/h2*1-9,11-13H;1-6,8-9H;/q3*-1;+3. The van der Waals surface area contributed by atoms with Gasteiger partial charge in [-0.3, -0.25) is 0 Å². The second-order valence-electron chi connectivity index (χ2n) is 10.6. The van der Waals surface area contributed by atoms with Crippen molar-refractivity contribution in [1.29, 1.82) is 0 Å². The van der Waals surface area contributed by atoms with E-state index in [1.807, 2.05) is 127 Å². The van der Waals surface area contributed by atoms with Gasteiger partial charge >= 0.3 is 20.1 Å². The van der Waals surface area contributed by atoms with Crippen LogP contribution in [-0.2, 0) is 20.1 Å². The molecule has 0 unspecified atom stereocenters. The molecule has 3 aromatic heterocycles. The second-order valence-corrected chi connectivity index (χ2v) is 10.6. The van der Waals surface area contributed by atoms with Crippen molar-refractivity contribution < 1.29 is 20.1 Å². The third-order valence-electron chi connectivity index (χ3n) is 7.35. The van der Waals surface area contributed by atoms with Gasteiger partial charge in [0.1, 0.15) is 0 Å². The van der Waals surface area contributed by atoms with Gasteiger partial charge in [-0.15, -0.1) is 107 Å². The van der Waals surface area contributed by atoms with Gasteiger partial charge in [0, 0.05) is 18.6 Å². The van der Waals surface area contributed by atoms with Crippen molar-refractivity contribution in [2.75, 3.05) is 0 Å². The summed E-state index contributed by atoms with van der Waals surface area (Å²) >= 11 is 0. The van der Waals surface area contributed by atoms with Crippen LogP contribution in [0.4, 0.5) is 0 Å². The maximum Gasteiger partial charge on any atom is 3.00 e. The average Bonchev–Trinajstić information content (AvgIpc) is 3.20. The van der Waals surface area contributed by atoms with Gasteiger partial charge in [-0.2, -0.15) is 0 Å². The van der Waals surface area contributed by atoms with Gasteiger partial charge in [0.05, 0.1) is 0 Å². The molecule has 236 valence electrons. The van der Waals surface area contributed by atoms with E-state index in [0.29, 0.717) is 0 Å². The largest absolute Gasteiger partial charge is 3.00 e. The Labute approximate surface area is 302 Å². The zero-order valence-corrected chi connectivity index (χ0v) is 29.0. The summed E-state index contributed by atoms with van der Waals surface area (Å²) in [6.45, 7) is 0. The van der Waals surface area contributed by atoms with E-state index >= 15 is 0 Å². The SMILES string of the molecule is [Ir+3].[c-]1ccc(-c2ccccc2)cc1-c1ccccn1.[c-]1ccc(-c2ccccc2)cc1-c1ccccn1.[c-]1ccccc1-c1ccccn1. The predicted molar refractivity (Wildman–Crippen MR) is 196 cm³/mol. The summed E-state index contributed by atoms with van der Waals surface area (Å²) in [4.78, 5) is 12.9. The van der Waals surface area contributed by atoms with Crippen LogP contribution >= 0.6 is 0 Å². The van der Waals surface area contributed by atoms with Crippen molar-refractivity contribution in [3.05, 3.63) is 213 Å². The monoisotopic (exact) mass is 807 g/mol. The Morgan fingerprint density at radius 2 is 0.694 bits per heavy atom. The number of rotatable bonds is 5. The molecule has 0 saturated carbocycles. The van der Waals surface area contributed by atoms with Crippen molar-refractivity contribution in [2.24, 2.45) is 0 Å². The molecule has 0 radical (unpaired) electrons. The van der Waals surface area contributed by atoms with Crippen molar-refractivity contribution in [3.8, 4) is 56.0 Å². The first-order valence-electron chi connectivity index (χ1n) is 15.7. The molecule has 0 aliphatic heterocycles. The Balaban J connectivity index is 0.000000145. The number of hydrogen-bond acceptors (Lipinski definition) is 3. The third kappa shape index (κ3) is 10.1. The zero-order chi connectivity index (χ0) is 32.6. The first-order valence-corrected chi connectivity index (χ1v) is 15.7. The first kappa shape index (κ1) is 34.5. The Kier molecular flexibility index (Phi) is 13.0. The molecule has 0 N–H and O–H groups in total. The van der Waals surface area contributed by atoms with Crippen molar-refractivity contribution in [1.82, 2.24) is 15.0 Å². The number of hydrogen-bond donors (Lipinski definition) is 0. The van der Waals surface area contributed by atoms with Crippen LogP contribution in [0.3, 0.4) is 0 Å². The molecule has 0 amide bonds. The van der Waals surface area contributed by atoms with E-state index in [0.717, 1.165) is 33.8 Å². The molecular weight excluding hydrogens is 775 g/mol. The predicted octanol–water partition coefficient (Wildman–Crippen LogP) is 11.0. The van der Waals surface area contributed by atoms with Crippen LogP contribution in [0.5, 0.6) is 0 Å². The van der Waals surface area contributed by atoms with Gasteiger partial charge in [-0.25, -0.2) is 0 Å². The van der Waals surface area contributed by atoms with Crippen molar-refractivity contribution >= 4 is 0 Å². The van der Waals surface area contributed by atoms with Gasteiger partial charge in [-0.05, 0) is 46.4 Å². The Hall–Kier alpha value is -5.80. The number of aromatic nitrogens is 3. The topological polar surface area (TPSA) is 38.7 Å².